The van der Waals surface area contributed by atoms with Crippen LogP contribution in [0.5, 0.6) is 11.5 Å². The lowest BCUT2D eigenvalue weighted by atomic mass is 10.0. The number of carbonyl (C=O) groups excluding carboxylic acids is 1. The summed E-state index contributed by atoms with van der Waals surface area (Å²) >= 11 is 0. The number of nitrogens with zero attached hydrogens (tertiary/aromatic N) is 3. The van der Waals surface area contributed by atoms with Crippen LogP contribution in [0.2, 0.25) is 0 Å². The number of hydrogen-bond acceptors (Lipinski definition) is 4. The number of methoxy groups -OCH3 is 2. The molecule has 1 fully saturated rings. The van der Waals surface area contributed by atoms with E-state index in [0.29, 0.717) is 12.2 Å². The number of urea groups is 1. The molecule has 3 aromatic rings. The molecular formula is C23H26N4O3. The summed E-state index contributed by atoms with van der Waals surface area (Å²) in [5, 5.41) is 7.60. The summed E-state index contributed by atoms with van der Waals surface area (Å²) in [5.74, 6) is 1.50. The first-order valence-electron chi connectivity index (χ1n) is 9.99. The fourth-order valence-corrected chi connectivity index (χ4v) is 4.01. The standard InChI is InChI=1S/C23H26N4O3/c1-26-15-19(22(25-26)16-8-5-4-6-9-16)24-23(28)27-13-7-10-20(27)18-14-17(29-2)11-12-21(18)30-3/h4-6,8-9,11-12,14-15,20H,7,10,13H2,1-3H3,(H,24,28). The molecule has 2 amide bonds. The van der Waals surface area contributed by atoms with Crippen LogP contribution < -0.4 is 14.8 Å². The van der Waals surface area contributed by atoms with Crippen molar-refractivity contribution in [2.45, 2.75) is 18.9 Å². The summed E-state index contributed by atoms with van der Waals surface area (Å²) in [6.45, 7) is 0.678. The van der Waals surface area contributed by atoms with Crippen LogP contribution in [0.15, 0.2) is 54.7 Å². The van der Waals surface area contributed by atoms with E-state index in [1.54, 1.807) is 18.9 Å². The van der Waals surface area contributed by atoms with Gasteiger partial charge in [-0.2, -0.15) is 5.10 Å². The zero-order valence-corrected chi connectivity index (χ0v) is 17.5. The average Bonchev–Trinajstić information content (AvgIpc) is 3.40. The fourth-order valence-electron chi connectivity index (χ4n) is 4.01. The number of hydrogen-bond donors (Lipinski definition) is 1. The van der Waals surface area contributed by atoms with Gasteiger partial charge in [-0.05, 0) is 31.0 Å². The van der Waals surface area contributed by atoms with Crippen molar-refractivity contribution in [1.29, 1.82) is 0 Å². The highest BCUT2D eigenvalue weighted by atomic mass is 16.5. The summed E-state index contributed by atoms with van der Waals surface area (Å²) in [4.78, 5) is 15.1. The third-order valence-electron chi connectivity index (χ3n) is 5.43. The molecule has 30 heavy (non-hydrogen) atoms. The Hall–Kier alpha value is -3.48. The van der Waals surface area contributed by atoms with Crippen molar-refractivity contribution >= 4 is 11.7 Å². The van der Waals surface area contributed by atoms with Gasteiger partial charge in [0.15, 0.2) is 0 Å². The van der Waals surface area contributed by atoms with Crippen molar-refractivity contribution < 1.29 is 14.3 Å². The normalized spacial score (nSPS) is 15.8. The molecule has 1 unspecified atom stereocenters. The van der Waals surface area contributed by atoms with Crippen LogP contribution >= 0.6 is 0 Å². The summed E-state index contributed by atoms with van der Waals surface area (Å²) in [7, 11) is 5.13. The van der Waals surface area contributed by atoms with Crippen LogP contribution in [0.25, 0.3) is 11.3 Å². The maximum atomic E-state index is 13.3. The van der Waals surface area contributed by atoms with Gasteiger partial charge >= 0.3 is 6.03 Å². The third kappa shape index (κ3) is 3.83. The van der Waals surface area contributed by atoms with Crippen LogP contribution in [0.4, 0.5) is 10.5 Å². The summed E-state index contributed by atoms with van der Waals surface area (Å²) in [6.07, 6.45) is 3.63. The molecule has 7 nitrogen and oxygen atoms in total. The van der Waals surface area contributed by atoms with Gasteiger partial charge in [-0.25, -0.2) is 4.79 Å². The van der Waals surface area contributed by atoms with E-state index < -0.39 is 0 Å². The lowest BCUT2D eigenvalue weighted by Crippen LogP contribution is -2.34. The first-order valence-corrected chi connectivity index (χ1v) is 9.99. The van der Waals surface area contributed by atoms with E-state index in [0.717, 1.165) is 41.2 Å². The van der Waals surface area contributed by atoms with Gasteiger partial charge in [0.05, 0.1) is 25.9 Å². The molecule has 1 saturated heterocycles. The molecular weight excluding hydrogens is 380 g/mol. The molecule has 7 heteroatoms. The van der Waals surface area contributed by atoms with Gasteiger partial charge < -0.3 is 19.7 Å². The molecule has 0 saturated carbocycles. The predicted octanol–water partition coefficient (Wildman–Crippen LogP) is 4.47. The molecule has 1 aromatic heterocycles. The molecule has 1 atom stereocenters. The van der Waals surface area contributed by atoms with Crippen LogP contribution in [0.3, 0.4) is 0 Å². The molecule has 1 aliphatic rings. The molecule has 1 aliphatic heterocycles. The third-order valence-corrected chi connectivity index (χ3v) is 5.43. The van der Waals surface area contributed by atoms with Gasteiger partial charge in [0, 0.05) is 30.9 Å². The number of anilines is 1. The van der Waals surface area contributed by atoms with E-state index in [2.05, 4.69) is 10.4 Å². The number of rotatable bonds is 5. The molecule has 0 bridgehead atoms. The highest BCUT2D eigenvalue weighted by Gasteiger charge is 2.33. The van der Waals surface area contributed by atoms with Crippen molar-refractivity contribution in [1.82, 2.24) is 14.7 Å². The van der Waals surface area contributed by atoms with Crippen LogP contribution in [0, 0.1) is 0 Å². The Morgan fingerprint density at radius 2 is 1.93 bits per heavy atom. The van der Waals surface area contributed by atoms with Gasteiger partial charge in [0.25, 0.3) is 0 Å². The Morgan fingerprint density at radius 3 is 2.67 bits per heavy atom. The largest absolute Gasteiger partial charge is 0.497 e. The second-order valence-electron chi connectivity index (χ2n) is 7.32. The first-order chi connectivity index (χ1) is 14.6. The van der Waals surface area contributed by atoms with Crippen LogP contribution in [-0.2, 0) is 7.05 Å². The summed E-state index contributed by atoms with van der Waals surface area (Å²) in [5.41, 5.74) is 3.36. The Labute approximate surface area is 176 Å². The molecule has 2 heterocycles. The number of likely N-dealkylation sites (tertiary alicyclic amines) is 1. The van der Waals surface area contributed by atoms with Gasteiger partial charge in [0.2, 0.25) is 0 Å². The van der Waals surface area contributed by atoms with Gasteiger partial charge in [-0.1, -0.05) is 30.3 Å². The van der Waals surface area contributed by atoms with Crippen molar-refractivity contribution in [2.75, 3.05) is 26.1 Å². The van der Waals surface area contributed by atoms with E-state index >= 15 is 0 Å². The molecule has 1 N–H and O–H groups in total. The van der Waals surface area contributed by atoms with Crippen LogP contribution in [0.1, 0.15) is 24.4 Å². The lowest BCUT2D eigenvalue weighted by molar-refractivity contribution is 0.206. The number of amides is 2. The van der Waals surface area contributed by atoms with Crippen molar-refractivity contribution in [3.63, 3.8) is 0 Å². The van der Waals surface area contributed by atoms with Gasteiger partial charge in [-0.15, -0.1) is 0 Å². The molecule has 0 spiro atoms. The second kappa shape index (κ2) is 8.49. The van der Waals surface area contributed by atoms with Crippen molar-refractivity contribution in [3.8, 4) is 22.8 Å². The minimum atomic E-state index is -0.146. The maximum absolute atomic E-state index is 13.3. The van der Waals surface area contributed by atoms with Crippen LogP contribution in [-0.4, -0.2) is 41.5 Å². The van der Waals surface area contributed by atoms with E-state index in [1.807, 2.05) is 66.7 Å². The summed E-state index contributed by atoms with van der Waals surface area (Å²) in [6, 6.07) is 15.3. The first kappa shape index (κ1) is 19.8. The van der Waals surface area contributed by atoms with E-state index in [1.165, 1.54) is 0 Å². The van der Waals surface area contributed by atoms with Gasteiger partial charge in [-0.3, -0.25) is 4.68 Å². The Bertz CT molecular complexity index is 1030. The van der Waals surface area contributed by atoms with Crippen molar-refractivity contribution in [3.05, 3.63) is 60.3 Å². The average molecular weight is 406 g/mol. The highest BCUT2D eigenvalue weighted by Crippen LogP contribution is 2.39. The SMILES string of the molecule is COc1ccc(OC)c(C2CCCN2C(=O)Nc2cn(C)nc2-c2ccccc2)c1. The summed E-state index contributed by atoms with van der Waals surface area (Å²) < 4.78 is 12.7. The molecule has 156 valence electrons. The van der Waals surface area contributed by atoms with E-state index in [-0.39, 0.29) is 12.1 Å². The molecule has 2 aromatic carbocycles. The minimum absolute atomic E-state index is 0.0769. The maximum Gasteiger partial charge on any atom is 0.322 e. The van der Waals surface area contributed by atoms with Gasteiger partial charge in [0.1, 0.15) is 17.2 Å². The fraction of sp³-hybridized carbons (Fsp3) is 0.304. The highest BCUT2D eigenvalue weighted by molar-refractivity contribution is 5.93. The number of carbonyl (C=O) groups is 1. The Kier molecular flexibility index (Phi) is 5.61. The Balaban J connectivity index is 1.60. The number of aromatic nitrogens is 2. The topological polar surface area (TPSA) is 68.6 Å². The quantitative estimate of drug-likeness (QED) is 0.679. The zero-order valence-electron chi connectivity index (χ0n) is 17.5. The number of nitrogens with one attached hydrogen (secondary N) is 1. The number of aryl methyl sites for hydroxylation is 1. The molecule has 0 aliphatic carbocycles. The minimum Gasteiger partial charge on any atom is -0.497 e. The molecule has 4 rings (SSSR count). The lowest BCUT2D eigenvalue weighted by Gasteiger charge is -2.26. The van der Waals surface area contributed by atoms with E-state index in [9.17, 15) is 4.79 Å². The van der Waals surface area contributed by atoms with Crippen molar-refractivity contribution in [2.24, 2.45) is 7.05 Å². The number of ether oxygens (including phenoxy) is 2. The monoisotopic (exact) mass is 406 g/mol. The second-order valence-corrected chi connectivity index (χ2v) is 7.32. The Morgan fingerprint density at radius 1 is 1.13 bits per heavy atom. The zero-order chi connectivity index (χ0) is 21.1. The predicted molar refractivity (Wildman–Crippen MR) is 116 cm³/mol. The smallest absolute Gasteiger partial charge is 0.322 e. The van der Waals surface area contributed by atoms with E-state index in [4.69, 9.17) is 9.47 Å². The molecule has 0 radical (unpaired) electrons. The number of benzene rings is 2.